The zero-order valence-electron chi connectivity index (χ0n) is 14.7. The van der Waals surface area contributed by atoms with Gasteiger partial charge in [-0.2, -0.15) is 0 Å². The fourth-order valence-corrected chi connectivity index (χ4v) is 4.09. The molecule has 5 nitrogen and oxygen atoms in total. The number of carbonyl (C=O) groups excluding carboxylic acids is 1. The molecule has 3 heterocycles. The molecule has 4 rings (SSSR count). The molecule has 1 saturated heterocycles. The number of halogens is 3. The first-order chi connectivity index (χ1) is 12.8. The van der Waals surface area contributed by atoms with E-state index in [-0.39, 0.29) is 37.9 Å². The number of ether oxygens (including phenoxy) is 1. The van der Waals surface area contributed by atoms with Gasteiger partial charge in [-0.15, -0.1) is 0 Å². The summed E-state index contributed by atoms with van der Waals surface area (Å²) >= 11 is 6.31. The van der Waals surface area contributed by atoms with E-state index in [1.54, 1.807) is 28.8 Å². The van der Waals surface area contributed by atoms with Crippen LogP contribution in [0.2, 0.25) is 5.02 Å². The van der Waals surface area contributed by atoms with Crippen LogP contribution in [0, 0.1) is 5.92 Å². The van der Waals surface area contributed by atoms with Crippen LogP contribution in [0.25, 0.3) is 5.52 Å². The molecular formula is C19H21ClF2N2O3. The molecule has 2 fully saturated rings. The van der Waals surface area contributed by atoms with Gasteiger partial charge < -0.3 is 19.6 Å². The topological polar surface area (TPSA) is 63.0 Å². The van der Waals surface area contributed by atoms with Crippen LogP contribution in [0.15, 0.2) is 24.4 Å². The Morgan fingerprint density at radius 3 is 2.70 bits per heavy atom. The fraction of sp³-hybridized carbons (Fsp3) is 0.526. The van der Waals surface area contributed by atoms with Crippen molar-refractivity contribution in [3.8, 4) is 0 Å². The van der Waals surface area contributed by atoms with Crippen LogP contribution >= 0.6 is 11.6 Å². The van der Waals surface area contributed by atoms with Crippen LogP contribution in [-0.4, -0.2) is 41.1 Å². The van der Waals surface area contributed by atoms with E-state index < -0.39 is 11.5 Å². The Labute approximate surface area is 160 Å². The molecule has 1 aliphatic heterocycles. The van der Waals surface area contributed by atoms with E-state index in [0.29, 0.717) is 41.2 Å². The molecule has 146 valence electrons. The van der Waals surface area contributed by atoms with Gasteiger partial charge in [0.2, 0.25) is 5.92 Å². The van der Waals surface area contributed by atoms with Gasteiger partial charge in [0.15, 0.2) is 5.60 Å². The summed E-state index contributed by atoms with van der Waals surface area (Å²) in [6, 6.07) is 5.06. The van der Waals surface area contributed by atoms with Crippen LogP contribution in [0.1, 0.15) is 41.7 Å². The summed E-state index contributed by atoms with van der Waals surface area (Å²) in [4.78, 5) is 12.8. The molecule has 0 atom stereocenters. The number of aromatic nitrogens is 1. The SMILES string of the molecule is O=C(NCC1CCC(F)(F)CC1)c1cc(C2(O)COC2)n2cccc(Cl)c12. The van der Waals surface area contributed by atoms with E-state index in [1.807, 2.05) is 0 Å². The lowest BCUT2D eigenvalue weighted by Gasteiger charge is -2.36. The number of hydrogen-bond donors (Lipinski definition) is 2. The third-order valence-corrected chi connectivity index (χ3v) is 5.84. The summed E-state index contributed by atoms with van der Waals surface area (Å²) in [6.45, 7) is 0.658. The largest absolute Gasteiger partial charge is 0.379 e. The molecule has 1 aliphatic carbocycles. The van der Waals surface area contributed by atoms with Crippen LogP contribution in [-0.2, 0) is 10.3 Å². The van der Waals surface area contributed by atoms with Crippen molar-refractivity contribution in [3.05, 3.63) is 40.7 Å². The molecular weight excluding hydrogens is 378 g/mol. The summed E-state index contributed by atoms with van der Waals surface area (Å²) in [5.41, 5.74) is 0.272. The highest BCUT2D eigenvalue weighted by Crippen LogP contribution is 2.37. The second-order valence-corrected chi connectivity index (χ2v) is 7.96. The maximum absolute atomic E-state index is 13.3. The highest BCUT2D eigenvalue weighted by Gasteiger charge is 2.41. The van der Waals surface area contributed by atoms with E-state index >= 15 is 0 Å². The number of rotatable bonds is 4. The van der Waals surface area contributed by atoms with Crippen LogP contribution in [0.4, 0.5) is 8.78 Å². The zero-order chi connectivity index (χ0) is 19.2. The number of hydrogen-bond acceptors (Lipinski definition) is 3. The van der Waals surface area contributed by atoms with Gasteiger partial charge in [0, 0.05) is 25.6 Å². The van der Waals surface area contributed by atoms with Gasteiger partial charge in [0.1, 0.15) is 0 Å². The van der Waals surface area contributed by atoms with Crippen molar-refractivity contribution in [2.75, 3.05) is 19.8 Å². The van der Waals surface area contributed by atoms with E-state index in [4.69, 9.17) is 16.3 Å². The molecule has 0 aromatic carbocycles. The lowest BCUT2D eigenvalue weighted by molar-refractivity contribution is -0.187. The first kappa shape index (κ1) is 18.7. The minimum absolute atomic E-state index is 0.0432. The first-order valence-corrected chi connectivity index (χ1v) is 9.43. The minimum atomic E-state index is -2.58. The lowest BCUT2D eigenvalue weighted by Crippen LogP contribution is -2.47. The number of pyridine rings is 1. The Kier molecular flexibility index (Phi) is 4.64. The number of nitrogens with one attached hydrogen (secondary N) is 1. The third kappa shape index (κ3) is 3.44. The molecule has 27 heavy (non-hydrogen) atoms. The summed E-state index contributed by atoms with van der Waals surface area (Å²) in [7, 11) is 0. The molecule has 0 radical (unpaired) electrons. The Morgan fingerprint density at radius 2 is 2.07 bits per heavy atom. The Bertz CT molecular complexity index is 869. The van der Waals surface area contributed by atoms with Crippen molar-refractivity contribution in [3.63, 3.8) is 0 Å². The van der Waals surface area contributed by atoms with Gasteiger partial charge >= 0.3 is 0 Å². The zero-order valence-corrected chi connectivity index (χ0v) is 15.4. The van der Waals surface area contributed by atoms with Crippen LogP contribution in [0.3, 0.4) is 0 Å². The second-order valence-electron chi connectivity index (χ2n) is 7.55. The summed E-state index contributed by atoms with van der Waals surface area (Å²) in [5, 5.41) is 13.9. The van der Waals surface area contributed by atoms with Crippen molar-refractivity contribution in [2.45, 2.75) is 37.2 Å². The lowest BCUT2D eigenvalue weighted by atomic mass is 9.87. The highest BCUT2D eigenvalue weighted by molar-refractivity contribution is 6.34. The van der Waals surface area contributed by atoms with Gasteiger partial charge in [-0.3, -0.25) is 4.79 Å². The third-order valence-electron chi connectivity index (χ3n) is 5.53. The Balaban J connectivity index is 1.55. The highest BCUT2D eigenvalue weighted by atomic mass is 35.5. The van der Waals surface area contributed by atoms with Gasteiger partial charge in [-0.05, 0) is 37.0 Å². The first-order valence-electron chi connectivity index (χ1n) is 9.05. The van der Waals surface area contributed by atoms with Gasteiger partial charge in [-0.1, -0.05) is 11.6 Å². The van der Waals surface area contributed by atoms with E-state index in [9.17, 15) is 18.7 Å². The maximum atomic E-state index is 13.3. The molecule has 0 unspecified atom stereocenters. The number of nitrogens with zero attached hydrogens (tertiary/aromatic N) is 1. The molecule has 0 spiro atoms. The molecule has 2 aromatic rings. The summed E-state index contributed by atoms with van der Waals surface area (Å²) < 4.78 is 33.4. The van der Waals surface area contributed by atoms with Crippen molar-refractivity contribution in [1.82, 2.24) is 9.72 Å². The molecule has 0 bridgehead atoms. The number of aliphatic hydroxyl groups is 1. The van der Waals surface area contributed by atoms with Crippen molar-refractivity contribution < 1.29 is 23.4 Å². The molecule has 8 heteroatoms. The predicted molar refractivity (Wildman–Crippen MR) is 96.4 cm³/mol. The quantitative estimate of drug-likeness (QED) is 0.830. The normalized spacial score (nSPS) is 21.8. The summed E-state index contributed by atoms with van der Waals surface area (Å²) in [6.07, 6.45) is 2.27. The van der Waals surface area contributed by atoms with Gasteiger partial charge in [0.05, 0.1) is 35.0 Å². The van der Waals surface area contributed by atoms with Gasteiger partial charge in [0.25, 0.3) is 5.91 Å². The summed E-state index contributed by atoms with van der Waals surface area (Å²) in [5.74, 6) is -2.86. The average molecular weight is 399 g/mol. The monoisotopic (exact) mass is 398 g/mol. The standard InChI is InChI=1S/C19H21ClF2N2O3/c20-14-2-1-7-24-15(18(26)10-27-11-18)8-13(16(14)24)17(25)23-9-12-3-5-19(21,22)6-4-12/h1-2,7-8,12,26H,3-6,9-11H2,(H,23,25). The molecule has 2 N–H and O–H groups in total. The van der Waals surface area contributed by atoms with Crippen molar-refractivity contribution in [2.24, 2.45) is 5.92 Å². The molecule has 1 amide bonds. The number of alkyl halides is 2. The second kappa shape index (κ2) is 6.72. The van der Waals surface area contributed by atoms with E-state index in [0.717, 1.165) is 0 Å². The minimum Gasteiger partial charge on any atom is -0.379 e. The maximum Gasteiger partial charge on any atom is 0.253 e. The van der Waals surface area contributed by atoms with Gasteiger partial charge in [-0.25, -0.2) is 8.78 Å². The van der Waals surface area contributed by atoms with Crippen molar-refractivity contribution in [1.29, 1.82) is 0 Å². The fourth-order valence-electron chi connectivity index (χ4n) is 3.83. The van der Waals surface area contributed by atoms with E-state index in [1.165, 1.54) is 0 Å². The predicted octanol–water partition coefficient (Wildman–Crippen LogP) is 3.37. The molecule has 1 saturated carbocycles. The average Bonchev–Trinajstić information content (AvgIpc) is 3.00. The van der Waals surface area contributed by atoms with E-state index in [2.05, 4.69) is 5.32 Å². The molecule has 2 aromatic heterocycles. The number of amides is 1. The smallest absolute Gasteiger partial charge is 0.253 e. The van der Waals surface area contributed by atoms with Crippen LogP contribution in [0.5, 0.6) is 0 Å². The Hall–Kier alpha value is -1.70. The Morgan fingerprint density at radius 1 is 1.37 bits per heavy atom. The number of fused-ring (bicyclic) bond motifs is 1. The molecule has 2 aliphatic rings. The number of carbonyl (C=O) groups is 1. The van der Waals surface area contributed by atoms with Crippen molar-refractivity contribution >= 4 is 23.0 Å². The van der Waals surface area contributed by atoms with Crippen LogP contribution < -0.4 is 5.32 Å².